The highest BCUT2D eigenvalue weighted by Gasteiger charge is 2.36. The molecule has 8 nitrogen and oxygen atoms in total. The van der Waals surface area contributed by atoms with E-state index in [2.05, 4.69) is 10.3 Å². The lowest BCUT2D eigenvalue weighted by molar-refractivity contribution is -0.384. The Morgan fingerprint density at radius 1 is 1.38 bits per heavy atom. The van der Waals surface area contributed by atoms with Crippen molar-refractivity contribution in [3.8, 4) is 5.75 Å². The predicted octanol–water partition coefficient (Wildman–Crippen LogP) is 3.79. The van der Waals surface area contributed by atoms with Gasteiger partial charge in [-0.1, -0.05) is 0 Å². The minimum absolute atomic E-state index is 0.185. The van der Waals surface area contributed by atoms with E-state index in [-0.39, 0.29) is 35.6 Å². The van der Waals surface area contributed by atoms with Crippen molar-refractivity contribution in [1.82, 2.24) is 4.98 Å². The van der Waals surface area contributed by atoms with E-state index in [0.29, 0.717) is 36.6 Å². The Labute approximate surface area is 166 Å². The van der Waals surface area contributed by atoms with Gasteiger partial charge >= 0.3 is 6.18 Å². The molecule has 3 heterocycles. The number of hydrogen-bond acceptors (Lipinski definition) is 7. The zero-order chi connectivity index (χ0) is 20.8. The molecule has 0 aliphatic carbocycles. The average molecular weight is 428 g/mol. The predicted molar refractivity (Wildman–Crippen MR) is 98.5 cm³/mol. The molecule has 1 aromatic carbocycles. The van der Waals surface area contributed by atoms with Crippen LogP contribution in [-0.4, -0.2) is 35.5 Å². The van der Waals surface area contributed by atoms with Gasteiger partial charge in [-0.05, 0) is 18.9 Å². The van der Waals surface area contributed by atoms with Crippen molar-refractivity contribution in [2.45, 2.75) is 24.9 Å². The van der Waals surface area contributed by atoms with Crippen LogP contribution in [0.5, 0.6) is 5.75 Å². The van der Waals surface area contributed by atoms with Crippen LogP contribution in [0.1, 0.15) is 29.5 Å². The number of thiazole rings is 1. The van der Waals surface area contributed by atoms with E-state index in [1.54, 1.807) is 4.90 Å². The SMILES string of the molecule is O=C1COc2cc([N+](=O)[O-])c(N3CCCC(c4nc(C(F)(F)F)cs4)C3)cc2N1. The lowest BCUT2D eigenvalue weighted by Crippen LogP contribution is -2.35. The van der Waals surface area contributed by atoms with Crippen LogP contribution >= 0.6 is 11.3 Å². The van der Waals surface area contributed by atoms with E-state index in [9.17, 15) is 28.1 Å². The molecule has 29 heavy (non-hydrogen) atoms. The van der Waals surface area contributed by atoms with E-state index in [1.165, 1.54) is 12.1 Å². The molecule has 0 bridgehead atoms. The Hall–Kier alpha value is -2.89. The number of nitro groups is 1. The number of halogens is 3. The molecule has 0 saturated carbocycles. The maximum absolute atomic E-state index is 12.9. The number of anilines is 2. The minimum atomic E-state index is -4.50. The lowest BCUT2D eigenvalue weighted by Gasteiger charge is -2.33. The number of rotatable bonds is 3. The summed E-state index contributed by atoms with van der Waals surface area (Å²) in [4.78, 5) is 28.1. The molecule has 1 N–H and O–H groups in total. The minimum Gasteiger partial charge on any atom is -0.481 e. The third-order valence-corrected chi connectivity index (χ3v) is 5.84. The number of carbonyl (C=O) groups excluding carboxylic acids is 1. The van der Waals surface area contributed by atoms with Gasteiger partial charge in [-0.25, -0.2) is 4.98 Å². The van der Waals surface area contributed by atoms with Crippen molar-refractivity contribution in [3.63, 3.8) is 0 Å². The largest absolute Gasteiger partial charge is 0.481 e. The van der Waals surface area contributed by atoms with Crippen molar-refractivity contribution in [2.75, 3.05) is 29.9 Å². The standard InChI is InChI=1S/C17H15F3N4O4S/c18-17(19,20)14-8-29-16(22-14)9-2-1-3-23(6-9)11-4-10-13(5-12(11)24(26)27)28-7-15(25)21-10/h4-5,8-9H,1-3,6-7H2,(H,21,25). The molecule has 1 saturated heterocycles. The first-order valence-electron chi connectivity index (χ1n) is 8.75. The van der Waals surface area contributed by atoms with Gasteiger partial charge in [-0.15, -0.1) is 11.3 Å². The molecule has 2 aliphatic rings. The van der Waals surface area contributed by atoms with Crippen molar-refractivity contribution >= 4 is 34.3 Å². The molecule has 0 radical (unpaired) electrons. The molecule has 12 heteroatoms. The fourth-order valence-corrected chi connectivity index (χ4v) is 4.46. The lowest BCUT2D eigenvalue weighted by atomic mass is 9.97. The summed E-state index contributed by atoms with van der Waals surface area (Å²) >= 11 is 0.945. The third-order valence-electron chi connectivity index (χ3n) is 4.83. The van der Waals surface area contributed by atoms with Crippen LogP contribution in [0.15, 0.2) is 17.5 Å². The topological polar surface area (TPSA) is 97.6 Å². The van der Waals surface area contributed by atoms with Gasteiger partial charge in [-0.3, -0.25) is 14.9 Å². The number of aromatic nitrogens is 1. The second-order valence-electron chi connectivity index (χ2n) is 6.78. The number of nitro benzene ring substituents is 1. The number of benzene rings is 1. The van der Waals surface area contributed by atoms with E-state index in [1.807, 2.05) is 0 Å². The average Bonchev–Trinajstić information content (AvgIpc) is 3.17. The molecule has 2 aromatic rings. The number of hydrogen-bond donors (Lipinski definition) is 1. The number of nitrogens with zero attached hydrogens (tertiary/aromatic N) is 3. The van der Waals surface area contributed by atoms with Crippen molar-refractivity contribution in [2.24, 2.45) is 0 Å². The number of nitrogens with one attached hydrogen (secondary N) is 1. The maximum Gasteiger partial charge on any atom is 0.434 e. The normalized spacial score (nSPS) is 19.3. The first-order valence-corrected chi connectivity index (χ1v) is 9.63. The van der Waals surface area contributed by atoms with Crippen LogP contribution in [-0.2, 0) is 11.0 Å². The summed E-state index contributed by atoms with van der Waals surface area (Å²) in [6.07, 6.45) is -3.22. The third kappa shape index (κ3) is 3.84. The molecular weight excluding hydrogens is 413 g/mol. The molecule has 154 valence electrons. The van der Waals surface area contributed by atoms with Crippen LogP contribution in [0.3, 0.4) is 0 Å². The van der Waals surface area contributed by atoms with Crippen LogP contribution in [0.4, 0.5) is 30.2 Å². The van der Waals surface area contributed by atoms with Crippen LogP contribution in [0, 0.1) is 10.1 Å². The second kappa shape index (κ2) is 7.17. The number of carbonyl (C=O) groups is 1. The Bertz CT molecular complexity index is 978. The first kappa shape index (κ1) is 19.4. The van der Waals surface area contributed by atoms with E-state index in [0.717, 1.165) is 16.7 Å². The zero-order valence-electron chi connectivity index (χ0n) is 14.9. The van der Waals surface area contributed by atoms with Crippen LogP contribution < -0.4 is 15.0 Å². The van der Waals surface area contributed by atoms with E-state index < -0.39 is 16.8 Å². The number of amides is 1. The summed E-state index contributed by atoms with van der Waals surface area (Å²) in [6.45, 7) is 0.572. The highest BCUT2D eigenvalue weighted by molar-refractivity contribution is 7.09. The summed E-state index contributed by atoms with van der Waals surface area (Å²) in [5.41, 5.74) is -0.487. The Kier molecular flexibility index (Phi) is 4.81. The molecule has 1 fully saturated rings. The Morgan fingerprint density at radius 3 is 2.86 bits per heavy atom. The van der Waals surface area contributed by atoms with Gasteiger partial charge in [0.1, 0.15) is 5.69 Å². The Morgan fingerprint density at radius 2 is 2.17 bits per heavy atom. The zero-order valence-corrected chi connectivity index (χ0v) is 15.7. The number of ether oxygens (including phenoxy) is 1. The summed E-state index contributed by atoms with van der Waals surface area (Å²) in [6, 6.07) is 2.74. The molecule has 1 atom stereocenters. The highest BCUT2D eigenvalue weighted by Crippen LogP contribution is 2.42. The molecule has 4 rings (SSSR count). The molecular formula is C17H15F3N4O4S. The summed E-state index contributed by atoms with van der Waals surface area (Å²) < 4.78 is 43.8. The summed E-state index contributed by atoms with van der Waals surface area (Å²) in [5.74, 6) is -0.425. The van der Waals surface area contributed by atoms with E-state index in [4.69, 9.17) is 4.74 Å². The molecule has 1 aromatic heterocycles. The number of piperidine rings is 1. The van der Waals surface area contributed by atoms with Gasteiger partial charge in [0.15, 0.2) is 18.1 Å². The molecule has 2 aliphatic heterocycles. The van der Waals surface area contributed by atoms with Crippen molar-refractivity contribution in [1.29, 1.82) is 0 Å². The second-order valence-corrected chi connectivity index (χ2v) is 7.67. The fourth-order valence-electron chi connectivity index (χ4n) is 3.51. The van der Waals surface area contributed by atoms with E-state index >= 15 is 0 Å². The number of alkyl halides is 3. The van der Waals surface area contributed by atoms with Gasteiger partial charge in [0, 0.05) is 24.4 Å². The van der Waals surface area contributed by atoms with Crippen molar-refractivity contribution in [3.05, 3.63) is 38.3 Å². The summed E-state index contributed by atoms with van der Waals surface area (Å²) in [5, 5.41) is 15.5. The van der Waals surface area contributed by atoms with Gasteiger partial charge in [0.25, 0.3) is 11.6 Å². The van der Waals surface area contributed by atoms with Gasteiger partial charge in [-0.2, -0.15) is 13.2 Å². The maximum atomic E-state index is 12.9. The number of fused-ring (bicyclic) bond motifs is 1. The smallest absolute Gasteiger partial charge is 0.434 e. The monoisotopic (exact) mass is 428 g/mol. The molecule has 1 unspecified atom stereocenters. The highest BCUT2D eigenvalue weighted by atomic mass is 32.1. The molecule has 1 amide bonds. The van der Waals surface area contributed by atoms with Gasteiger partial charge in [0.05, 0.1) is 21.7 Å². The van der Waals surface area contributed by atoms with Crippen LogP contribution in [0.2, 0.25) is 0 Å². The van der Waals surface area contributed by atoms with Crippen molar-refractivity contribution < 1.29 is 27.6 Å². The van der Waals surface area contributed by atoms with Gasteiger partial charge < -0.3 is 15.0 Å². The molecule has 0 spiro atoms. The fraction of sp³-hybridized carbons (Fsp3) is 0.412. The summed E-state index contributed by atoms with van der Waals surface area (Å²) in [7, 11) is 0. The van der Waals surface area contributed by atoms with Gasteiger partial charge in [0.2, 0.25) is 0 Å². The Balaban J connectivity index is 1.64. The quantitative estimate of drug-likeness (QED) is 0.590. The first-order chi connectivity index (χ1) is 13.7. The van der Waals surface area contributed by atoms with Crippen LogP contribution in [0.25, 0.3) is 0 Å².